The van der Waals surface area contributed by atoms with E-state index in [2.05, 4.69) is 0 Å². The van der Waals surface area contributed by atoms with Gasteiger partial charge in [-0.1, -0.05) is 23.7 Å². The number of rotatable bonds is 4. The Morgan fingerprint density at radius 1 is 1.50 bits per heavy atom. The van der Waals surface area contributed by atoms with Crippen molar-refractivity contribution in [1.29, 1.82) is 0 Å². The molecule has 14 heavy (non-hydrogen) atoms. The van der Waals surface area contributed by atoms with Gasteiger partial charge in [0.25, 0.3) is 0 Å². The third-order valence-electron chi connectivity index (χ3n) is 2.30. The third-order valence-corrected chi connectivity index (χ3v) is 2.70. The maximum absolute atomic E-state index is 8.68. The Morgan fingerprint density at radius 3 is 2.79 bits per heavy atom. The molecule has 1 aromatic rings. The van der Waals surface area contributed by atoms with Gasteiger partial charge in [-0.25, -0.2) is 0 Å². The Balaban J connectivity index is 2.70. The average Bonchev–Trinajstić information content (AvgIpc) is 2.18. The Labute approximate surface area is 89.7 Å². The van der Waals surface area contributed by atoms with Crippen molar-refractivity contribution in [3.8, 4) is 0 Å². The number of aryl methyl sites for hydroxylation is 1. The van der Waals surface area contributed by atoms with E-state index in [4.69, 9.17) is 22.4 Å². The molecule has 1 rings (SSSR count). The van der Waals surface area contributed by atoms with E-state index in [0.29, 0.717) is 0 Å². The van der Waals surface area contributed by atoms with Crippen LogP contribution in [0.5, 0.6) is 0 Å². The zero-order valence-electron chi connectivity index (χ0n) is 8.33. The van der Waals surface area contributed by atoms with Crippen LogP contribution in [0.2, 0.25) is 5.02 Å². The first-order chi connectivity index (χ1) is 6.65. The maximum atomic E-state index is 8.68. The highest BCUT2D eigenvalue weighted by Crippen LogP contribution is 2.22. The highest BCUT2D eigenvalue weighted by molar-refractivity contribution is 6.31. The van der Waals surface area contributed by atoms with E-state index in [-0.39, 0.29) is 12.6 Å². The number of aliphatic hydroxyl groups is 1. The number of hydrogen-bond acceptors (Lipinski definition) is 2. The topological polar surface area (TPSA) is 46.2 Å². The van der Waals surface area contributed by atoms with Gasteiger partial charge in [0.1, 0.15) is 0 Å². The second kappa shape index (κ2) is 5.35. The van der Waals surface area contributed by atoms with Gasteiger partial charge in [0.2, 0.25) is 0 Å². The van der Waals surface area contributed by atoms with Crippen LogP contribution in [0.3, 0.4) is 0 Å². The number of halogens is 1. The van der Waals surface area contributed by atoms with E-state index in [1.165, 1.54) is 0 Å². The monoisotopic (exact) mass is 213 g/mol. The smallest absolute Gasteiger partial charge is 0.0438 e. The first-order valence-electron chi connectivity index (χ1n) is 4.77. The van der Waals surface area contributed by atoms with E-state index >= 15 is 0 Å². The largest absolute Gasteiger partial charge is 0.396 e. The summed E-state index contributed by atoms with van der Waals surface area (Å²) in [5.74, 6) is 0. The van der Waals surface area contributed by atoms with Gasteiger partial charge in [0.05, 0.1) is 0 Å². The summed E-state index contributed by atoms with van der Waals surface area (Å²) in [5.41, 5.74) is 8.03. The summed E-state index contributed by atoms with van der Waals surface area (Å²) in [5, 5.41) is 9.43. The van der Waals surface area contributed by atoms with Crippen LogP contribution in [0, 0.1) is 6.92 Å². The van der Waals surface area contributed by atoms with E-state index in [0.717, 1.165) is 29.0 Å². The highest BCUT2D eigenvalue weighted by Gasteiger charge is 2.06. The van der Waals surface area contributed by atoms with E-state index < -0.39 is 0 Å². The Bertz CT molecular complexity index is 301. The summed E-state index contributed by atoms with van der Waals surface area (Å²) in [7, 11) is 0. The summed E-state index contributed by atoms with van der Waals surface area (Å²) < 4.78 is 0. The summed E-state index contributed by atoms with van der Waals surface area (Å²) >= 11 is 5.99. The van der Waals surface area contributed by atoms with Gasteiger partial charge in [-0.05, 0) is 37.0 Å². The molecule has 78 valence electrons. The normalized spacial score (nSPS) is 12.9. The minimum atomic E-state index is -0.0275. The highest BCUT2D eigenvalue weighted by atomic mass is 35.5. The molecule has 0 aliphatic rings. The van der Waals surface area contributed by atoms with Crippen molar-refractivity contribution in [2.45, 2.75) is 25.8 Å². The van der Waals surface area contributed by atoms with Gasteiger partial charge in [0.15, 0.2) is 0 Å². The van der Waals surface area contributed by atoms with Gasteiger partial charge in [-0.15, -0.1) is 0 Å². The molecule has 0 bridgehead atoms. The first kappa shape index (κ1) is 11.5. The molecular formula is C11H16ClNO. The van der Waals surface area contributed by atoms with Gasteiger partial charge in [-0.3, -0.25) is 0 Å². The lowest BCUT2D eigenvalue weighted by Gasteiger charge is -2.12. The zero-order valence-corrected chi connectivity index (χ0v) is 9.09. The molecule has 1 aromatic carbocycles. The van der Waals surface area contributed by atoms with Crippen molar-refractivity contribution in [3.63, 3.8) is 0 Å². The molecule has 0 fully saturated rings. The molecule has 0 aliphatic heterocycles. The van der Waals surface area contributed by atoms with Crippen LogP contribution >= 0.6 is 11.6 Å². The molecule has 3 heteroatoms. The fourth-order valence-corrected chi connectivity index (χ4v) is 1.51. The van der Waals surface area contributed by atoms with Crippen molar-refractivity contribution in [1.82, 2.24) is 0 Å². The van der Waals surface area contributed by atoms with Crippen LogP contribution in [-0.4, -0.2) is 11.7 Å². The second-order valence-corrected chi connectivity index (χ2v) is 3.89. The van der Waals surface area contributed by atoms with Crippen LogP contribution < -0.4 is 5.73 Å². The Hall–Kier alpha value is -0.570. The number of benzene rings is 1. The van der Waals surface area contributed by atoms with E-state index in [9.17, 15) is 0 Å². The van der Waals surface area contributed by atoms with Crippen molar-refractivity contribution in [2.75, 3.05) is 6.61 Å². The molecule has 0 heterocycles. The Kier molecular flexibility index (Phi) is 4.39. The van der Waals surface area contributed by atoms with Crippen molar-refractivity contribution < 1.29 is 5.11 Å². The van der Waals surface area contributed by atoms with Crippen molar-refractivity contribution in [2.24, 2.45) is 5.73 Å². The lowest BCUT2D eigenvalue weighted by Crippen LogP contribution is -2.10. The van der Waals surface area contributed by atoms with Gasteiger partial charge in [-0.2, -0.15) is 0 Å². The molecule has 1 atom stereocenters. The minimum absolute atomic E-state index is 0.0275. The third kappa shape index (κ3) is 2.98. The first-order valence-corrected chi connectivity index (χ1v) is 5.15. The lowest BCUT2D eigenvalue weighted by atomic mass is 10.0. The minimum Gasteiger partial charge on any atom is -0.396 e. The molecule has 0 aliphatic carbocycles. The Morgan fingerprint density at radius 2 is 2.21 bits per heavy atom. The predicted octanol–water partition coefficient (Wildman–Crippen LogP) is 2.42. The second-order valence-electron chi connectivity index (χ2n) is 3.48. The van der Waals surface area contributed by atoms with Crippen LogP contribution in [0.4, 0.5) is 0 Å². The maximum Gasteiger partial charge on any atom is 0.0438 e. The molecule has 3 N–H and O–H groups in total. The fourth-order valence-electron chi connectivity index (χ4n) is 1.32. The van der Waals surface area contributed by atoms with Crippen LogP contribution in [0.15, 0.2) is 18.2 Å². The summed E-state index contributed by atoms with van der Waals surface area (Å²) in [6, 6.07) is 5.83. The molecule has 0 unspecified atom stereocenters. The lowest BCUT2D eigenvalue weighted by molar-refractivity contribution is 0.280. The van der Waals surface area contributed by atoms with Crippen LogP contribution in [0.1, 0.15) is 30.0 Å². The van der Waals surface area contributed by atoms with Gasteiger partial charge < -0.3 is 10.8 Å². The molecule has 0 amide bonds. The number of nitrogens with two attached hydrogens (primary N) is 1. The fraction of sp³-hybridized carbons (Fsp3) is 0.455. The quantitative estimate of drug-likeness (QED) is 0.807. The van der Waals surface area contributed by atoms with E-state index in [1.54, 1.807) is 0 Å². The van der Waals surface area contributed by atoms with Crippen LogP contribution in [-0.2, 0) is 0 Å². The molecule has 0 aromatic heterocycles. The van der Waals surface area contributed by atoms with Gasteiger partial charge in [0, 0.05) is 17.7 Å². The molecule has 0 spiro atoms. The number of hydrogen-bond donors (Lipinski definition) is 2. The standard InChI is InChI=1S/C11H16ClNO/c1-8-4-5-9(7-10(8)12)11(13)3-2-6-14/h4-5,7,11,14H,2-3,6,13H2,1H3/t11-/m1/s1. The summed E-state index contributed by atoms with van der Waals surface area (Å²) in [6.45, 7) is 2.15. The SMILES string of the molecule is Cc1ccc([C@H](N)CCCO)cc1Cl. The van der Waals surface area contributed by atoms with Crippen molar-refractivity contribution >= 4 is 11.6 Å². The van der Waals surface area contributed by atoms with Gasteiger partial charge >= 0.3 is 0 Å². The van der Waals surface area contributed by atoms with Crippen molar-refractivity contribution in [3.05, 3.63) is 34.3 Å². The average molecular weight is 214 g/mol. The molecule has 2 nitrogen and oxygen atoms in total. The molecular weight excluding hydrogens is 198 g/mol. The zero-order chi connectivity index (χ0) is 10.6. The molecule has 0 saturated carbocycles. The molecule has 0 saturated heterocycles. The summed E-state index contributed by atoms with van der Waals surface area (Å²) in [4.78, 5) is 0. The summed E-state index contributed by atoms with van der Waals surface area (Å²) in [6.07, 6.45) is 1.52. The number of aliphatic hydroxyl groups excluding tert-OH is 1. The predicted molar refractivity (Wildman–Crippen MR) is 59.4 cm³/mol. The van der Waals surface area contributed by atoms with E-state index in [1.807, 2.05) is 25.1 Å². The molecule has 0 radical (unpaired) electrons. The van der Waals surface area contributed by atoms with Crippen LogP contribution in [0.25, 0.3) is 0 Å².